The summed E-state index contributed by atoms with van der Waals surface area (Å²) in [6.07, 6.45) is 2.05. The molecule has 0 aromatic heterocycles. The molecule has 3 rings (SSSR count). The van der Waals surface area contributed by atoms with Crippen LogP contribution in [0.2, 0.25) is 5.02 Å². The molecule has 0 aliphatic carbocycles. The van der Waals surface area contributed by atoms with Crippen molar-refractivity contribution in [2.24, 2.45) is 5.92 Å². The van der Waals surface area contributed by atoms with Crippen LogP contribution in [0.5, 0.6) is 5.75 Å². The number of likely N-dealkylation sites (tertiary alicyclic amines) is 1. The largest absolute Gasteiger partial charge is 0.482 e. The van der Waals surface area contributed by atoms with Gasteiger partial charge in [-0.2, -0.15) is 0 Å². The molecule has 26 heavy (non-hydrogen) atoms. The van der Waals surface area contributed by atoms with Gasteiger partial charge in [-0.15, -0.1) is 0 Å². The Morgan fingerprint density at radius 1 is 1.08 bits per heavy atom. The van der Waals surface area contributed by atoms with Crippen molar-refractivity contribution >= 4 is 17.5 Å². The number of hydrogen-bond acceptors (Lipinski definition) is 3. The van der Waals surface area contributed by atoms with Crippen LogP contribution in [0, 0.1) is 5.92 Å². The summed E-state index contributed by atoms with van der Waals surface area (Å²) in [6.45, 7) is 3.52. The second-order valence-electron chi connectivity index (χ2n) is 6.66. The monoisotopic (exact) mass is 372 g/mol. The average molecular weight is 373 g/mol. The van der Waals surface area contributed by atoms with E-state index in [2.05, 4.69) is 29.6 Å². The molecular formula is C21H25ClN2O2. The highest BCUT2D eigenvalue weighted by Gasteiger charge is 2.22. The number of benzene rings is 2. The lowest BCUT2D eigenvalue weighted by atomic mass is 9.96. The number of hydrogen-bond donors (Lipinski definition) is 1. The summed E-state index contributed by atoms with van der Waals surface area (Å²) in [7, 11) is 0. The van der Waals surface area contributed by atoms with Crippen LogP contribution in [0.3, 0.4) is 0 Å². The number of carbonyl (C=O) groups excluding carboxylic acids is 1. The normalized spacial score (nSPS) is 15.0. The Kier molecular flexibility index (Phi) is 6.92. The number of piperidine rings is 1. The number of ether oxygens (including phenoxy) is 1. The minimum Gasteiger partial charge on any atom is -0.482 e. The molecule has 0 saturated carbocycles. The SMILES string of the molecule is O=C(COc1ccccc1Cl)N1CCC(CNCc2ccccc2)CC1. The van der Waals surface area contributed by atoms with Gasteiger partial charge in [-0.1, -0.05) is 54.1 Å². The molecule has 1 amide bonds. The minimum atomic E-state index is 0.0283. The fourth-order valence-electron chi connectivity index (χ4n) is 3.20. The lowest BCUT2D eigenvalue weighted by molar-refractivity contribution is -0.134. The summed E-state index contributed by atoms with van der Waals surface area (Å²) in [5.41, 5.74) is 1.30. The molecule has 1 heterocycles. The summed E-state index contributed by atoms with van der Waals surface area (Å²) in [5, 5.41) is 4.06. The maximum absolute atomic E-state index is 12.3. The Morgan fingerprint density at radius 2 is 1.77 bits per heavy atom. The van der Waals surface area contributed by atoms with Crippen LogP contribution in [0.4, 0.5) is 0 Å². The predicted molar refractivity (Wildman–Crippen MR) is 104 cm³/mol. The number of para-hydroxylation sites is 1. The van der Waals surface area contributed by atoms with Gasteiger partial charge in [0, 0.05) is 19.6 Å². The van der Waals surface area contributed by atoms with Gasteiger partial charge in [0.25, 0.3) is 5.91 Å². The molecular weight excluding hydrogens is 348 g/mol. The number of rotatable bonds is 7. The fraction of sp³-hybridized carbons (Fsp3) is 0.381. The summed E-state index contributed by atoms with van der Waals surface area (Å²) in [6, 6.07) is 17.6. The topological polar surface area (TPSA) is 41.6 Å². The van der Waals surface area contributed by atoms with Crippen molar-refractivity contribution in [3.8, 4) is 5.75 Å². The molecule has 138 valence electrons. The summed E-state index contributed by atoms with van der Waals surface area (Å²) >= 11 is 6.05. The zero-order valence-electron chi connectivity index (χ0n) is 14.9. The van der Waals surface area contributed by atoms with Crippen LogP contribution in [0.1, 0.15) is 18.4 Å². The zero-order chi connectivity index (χ0) is 18.2. The molecule has 1 aliphatic rings. The van der Waals surface area contributed by atoms with Gasteiger partial charge in [0.2, 0.25) is 0 Å². The van der Waals surface area contributed by atoms with E-state index in [0.717, 1.165) is 39.0 Å². The Balaban J connectivity index is 1.35. The van der Waals surface area contributed by atoms with Gasteiger partial charge in [-0.25, -0.2) is 0 Å². The molecule has 1 N–H and O–H groups in total. The molecule has 5 heteroatoms. The maximum Gasteiger partial charge on any atom is 0.260 e. The van der Waals surface area contributed by atoms with E-state index in [1.807, 2.05) is 23.1 Å². The molecule has 0 bridgehead atoms. The summed E-state index contributed by atoms with van der Waals surface area (Å²) in [5.74, 6) is 1.20. The van der Waals surface area contributed by atoms with Gasteiger partial charge in [-0.05, 0) is 43.0 Å². The number of carbonyl (C=O) groups is 1. The molecule has 0 radical (unpaired) electrons. The smallest absolute Gasteiger partial charge is 0.260 e. The van der Waals surface area contributed by atoms with E-state index in [0.29, 0.717) is 16.7 Å². The van der Waals surface area contributed by atoms with E-state index in [1.165, 1.54) is 5.56 Å². The molecule has 2 aromatic rings. The van der Waals surface area contributed by atoms with Crippen LogP contribution in [-0.2, 0) is 11.3 Å². The molecule has 4 nitrogen and oxygen atoms in total. The van der Waals surface area contributed by atoms with Gasteiger partial charge in [0.15, 0.2) is 6.61 Å². The zero-order valence-corrected chi connectivity index (χ0v) is 15.6. The number of nitrogens with one attached hydrogen (secondary N) is 1. The lowest BCUT2D eigenvalue weighted by Gasteiger charge is -2.32. The third-order valence-electron chi connectivity index (χ3n) is 4.76. The second kappa shape index (κ2) is 9.60. The molecule has 2 aromatic carbocycles. The van der Waals surface area contributed by atoms with Crippen molar-refractivity contribution in [3.05, 3.63) is 65.2 Å². The lowest BCUT2D eigenvalue weighted by Crippen LogP contribution is -2.42. The van der Waals surface area contributed by atoms with Crippen LogP contribution in [0.15, 0.2) is 54.6 Å². The Bertz CT molecular complexity index is 700. The van der Waals surface area contributed by atoms with E-state index in [4.69, 9.17) is 16.3 Å². The average Bonchev–Trinajstić information content (AvgIpc) is 2.68. The van der Waals surface area contributed by atoms with E-state index in [1.54, 1.807) is 12.1 Å². The Labute approximate surface area is 160 Å². The number of amides is 1. The molecule has 0 unspecified atom stereocenters. The Morgan fingerprint density at radius 3 is 2.50 bits per heavy atom. The van der Waals surface area contributed by atoms with Crippen LogP contribution >= 0.6 is 11.6 Å². The second-order valence-corrected chi connectivity index (χ2v) is 7.07. The first-order valence-corrected chi connectivity index (χ1v) is 9.50. The molecule has 1 saturated heterocycles. The van der Waals surface area contributed by atoms with Crippen molar-refractivity contribution in [2.45, 2.75) is 19.4 Å². The third-order valence-corrected chi connectivity index (χ3v) is 5.07. The van der Waals surface area contributed by atoms with Crippen molar-refractivity contribution in [1.82, 2.24) is 10.2 Å². The maximum atomic E-state index is 12.3. The van der Waals surface area contributed by atoms with Crippen molar-refractivity contribution in [2.75, 3.05) is 26.2 Å². The first-order chi connectivity index (χ1) is 12.7. The quantitative estimate of drug-likeness (QED) is 0.804. The van der Waals surface area contributed by atoms with Crippen LogP contribution in [-0.4, -0.2) is 37.0 Å². The summed E-state index contributed by atoms with van der Waals surface area (Å²) in [4.78, 5) is 14.2. The van der Waals surface area contributed by atoms with Crippen molar-refractivity contribution in [1.29, 1.82) is 0 Å². The van der Waals surface area contributed by atoms with Crippen LogP contribution < -0.4 is 10.1 Å². The molecule has 0 spiro atoms. The first kappa shape index (κ1) is 18.7. The van der Waals surface area contributed by atoms with Gasteiger partial charge in [0.05, 0.1) is 5.02 Å². The Hall–Kier alpha value is -2.04. The van der Waals surface area contributed by atoms with E-state index < -0.39 is 0 Å². The summed E-state index contributed by atoms with van der Waals surface area (Å²) < 4.78 is 5.56. The highest BCUT2D eigenvalue weighted by Crippen LogP contribution is 2.23. The van der Waals surface area contributed by atoms with Gasteiger partial charge >= 0.3 is 0 Å². The van der Waals surface area contributed by atoms with E-state index in [9.17, 15) is 4.79 Å². The fourth-order valence-corrected chi connectivity index (χ4v) is 3.39. The van der Waals surface area contributed by atoms with E-state index in [-0.39, 0.29) is 12.5 Å². The van der Waals surface area contributed by atoms with Gasteiger partial charge < -0.3 is 15.0 Å². The molecule has 1 aliphatic heterocycles. The molecule has 0 atom stereocenters. The van der Waals surface area contributed by atoms with Crippen molar-refractivity contribution < 1.29 is 9.53 Å². The number of halogens is 1. The van der Waals surface area contributed by atoms with Crippen LogP contribution in [0.25, 0.3) is 0 Å². The van der Waals surface area contributed by atoms with Gasteiger partial charge in [-0.3, -0.25) is 4.79 Å². The first-order valence-electron chi connectivity index (χ1n) is 9.12. The van der Waals surface area contributed by atoms with E-state index >= 15 is 0 Å². The third kappa shape index (κ3) is 5.48. The van der Waals surface area contributed by atoms with Gasteiger partial charge in [0.1, 0.15) is 5.75 Å². The molecule has 1 fully saturated rings. The minimum absolute atomic E-state index is 0.0283. The van der Waals surface area contributed by atoms with Crippen molar-refractivity contribution in [3.63, 3.8) is 0 Å². The highest BCUT2D eigenvalue weighted by molar-refractivity contribution is 6.32. The predicted octanol–water partition coefficient (Wildman–Crippen LogP) is 3.75. The highest BCUT2D eigenvalue weighted by atomic mass is 35.5. The number of nitrogens with zero attached hydrogens (tertiary/aromatic N) is 1. The standard InChI is InChI=1S/C21H25ClN2O2/c22-19-8-4-5-9-20(19)26-16-21(25)24-12-10-18(11-13-24)15-23-14-17-6-2-1-3-7-17/h1-9,18,23H,10-16H2.